The fourth-order valence-corrected chi connectivity index (χ4v) is 2.88. The summed E-state index contributed by atoms with van der Waals surface area (Å²) in [6.45, 7) is 4.10. The van der Waals surface area contributed by atoms with Crippen molar-refractivity contribution in [3.05, 3.63) is 67.9 Å². The first kappa shape index (κ1) is 15.5. The van der Waals surface area contributed by atoms with Gasteiger partial charge in [-0.05, 0) is 61.3 Å². The molecule has 0 radical (unpaired) electrons. The molecular weight excluding hydrogens is 341 g/mol. The highest BCUT2D eigenvalue weighted by Crippen LogP contribution is 2.30. The van der Waals surface area contributed by atoms with Crippen LogP contribution in [0.5, 0.6) is 0 Å². The predicted octanol–water partition coefficient (Wildman–Crippen LogP) is 5.17. The van der Waals surface area contributed by atoms with Gasteiger partial charge in [0.15, 0.2) is 0 Å². The van der Waals surface area contributed by atoms with Crippen LogP contribution in [0.3, 0.4) is 0 Å². The second kappa shape index (κ2) is 6.25. The molecule has 0 aliphatic carbocycles. The zero-order chi connectivity index (χ0) is 14.9. The number of aryl methyl sites for hydroxylation is 2. The van der Waals surface area contributed by atoms with Crippen molar-refractivity contribution in [2.24, 2.45) is 0 Å². The Morgan fingerprint density at radius 2 is 1.85 bits per heavy atom. The standard InChI is InChI=1S/C16H16BrClFN/c1-9-7-13(17)10(2)6-12(9)16(20-3)11-4-5-14(18)15(19)8-11/h4-8,16,20H,1-3H3. The Morgan fingerprint density at radius 1 is 1.15 bits per heavy atom. The molecule has 4 heteroatoms. The Kier molecular flexibility index (Phi) is 4.84. The smallest absolute Gasteiger partial charge is 0.142 e. The quantitative estimate of drug-likeness (QED) is 0.800. The summed E-state index contributed by atoms with van der Waals surface area (Å²) in [7, 11) is 1.87. The van der Waals surface area contributed by atoms with Gasteiger partial charge in [-0.25, -0.2) is 4.39 Å². The van der Waals surface area contributed by atoms with Crippen LogP contribution in [0.15, 0.2) is 34.8 Å². The Hall–Kier alpha value is -0.900. The van der Waals surface area contributed by atoms with E-state index in [1.165, 1.54) is 6.07 Å². The van der Waals surface area contributed by atoms with Crippen LogP contribution in [0.1, 0.15) is 28.3 Å². The van der Waals surface area contributed by atoms with Gasteiger partial charge in [0.25, 0.3) is 0 Å². The molecule has 2 aromatic carbocycles. The van der Waals surface area contributed by atoms with E-state index in [0.29, 0.717) is 0 Å². The van der Waals surface area contributed by atoms with E-state index in [2.05, 4.69) is 40.3 Å². The molecule has 2 aromatic rings. The van der Waals surface area contributed by atoms with Crippen LogP contribution in [0.4, 0.5) is 4.39 Å². The van der Waals surface area contributed by atoms with E-state index < -0.39 is 5.82 Å². The molecule has 106 valence electrons. The van der Waals surface area contributed by atoms with Gasteiger partial charge in [-0.3, -0.25) is 0 Å². The highest BCUT2D eigenvalue weighted by Gasteiger charge is 2.16. The largest absolute Gasteiger partial charge is 0.309 e. The Bertz CT molecular complexity index is 643. The second-order valence-electron chi connectivity index (χ2n) is 4.85. The van der Waals surface area contributed by atoms with E-state index in [4.69, 9.17) is 11.6 Å². The average molecular weight is 357 g/mol. The van der Waals surface area contributed by atoms with E-state index in [1.807, 2.05) is 20.0 Å². The van der Waals surface area contributed by atoms with E-state index in [1.54, 1.807) is 6.07 Å². The molecule has 2 rings (SSSR count). The van der Waals surface area contributed by atoms with Crippen LogP contribution in [0.25, 0.3) is 0 Å². The number of benzene rings is 2. The summed E-state index contributed by atoms with van der Waals surface area (Å²) in [5.41, 5.74) is 4.30. The van der Waals surface area contributed by atoms with Crippen molar-refractivity contribution in [2.45, 2.75) is 19.9 Å². The highest BCUT2D eigenvalue weighted by molar-refractivity contribution is 9.10. The molecule has 0 fully saturated rings. The molecule has 0 aromatic heterocycles. The first-order valence-corrected chi connectivity index (χ1v) is 7.50. The minimum atomic E-state index is -0.393. The summed E-state index contributed by atoms with van der Waals surface area (Å²) in [4.78, 5) is 0. The summed E-state index contributed by atoms with van der Waals surface area (Å²) in [6.07, 6.45) is 0. The zero-order valence-electron chi connectivity index (χ0n) is 11.6. The SMILES string of the molecule is CNC(c1ccc(Cl)c(F)c1)c1cc(C)c(Br)cc1C. The van der Waals surface area contributed by atoms with Gasteiger partial charge in [0.2, 0.25) is 0 Å². The van der Waals surface area contributed by atoms with Crippen molar-refractivity contribution in [3.63, 3.8) is 0 Å². The van der Waals surface area contributed by atoms with Crippen molar-refractivity contribution in [3.8, 4) is 0 Å². The summed E-state index contributed by atoms with van der Waals surface area (Å²) in [6, 6.07) is 9.07. The minimum absolute atomic E-state index is 0.0615. The summed E-state index contributed by atoms with van der Waals surface area (Å²) >= 11 is 9.28. The lowest BCUT2D eigenvalue weighted by molar-refractivity contribution is 0.616. The highest BCUT2D eigenvalue weighted by atomic mass is 79.9. The molecule has 0 saturated carbocycles. The fourth-order valence-electron chi connectivity index (χ4n) is 2.31. The maximum Gasteiger partial charge on any atom is 0.142 e. The molecule has 20 heavy (non-hydrogen) atoms. The minimum Gasteiger partial charge on any atom is -0.309 e. The van der Waals surface area contributed by atoms with Gasteiger partial charge in [0.05, 0.1) is 11.1 Å². The van der Waals surface area contributed by atoms with E-state index in [9.17, 15) is 4.39 Å². The second-order valence-corrected chi connectivity index (χ2v) is 6.11. The lowest BCUT2D eigenvalue weighted by atomic mass is 9.93. The van der Waals surface area contributed by atoms with E-state index in [-0.39, 0.29) is 11.1 Å². The normalized spacial score (nSPS) is 12.5. The number of hydrogen-bond donors (Lipinski definition) is 1. The monoisotopic (exact) mass is 355 g/mol. The van der Waals surface area contributed by atoms with Crippen molar-refractivity contribution in [2.75, 3.05) is 7.05 Å². The van der Waals surface area contributed by atoms with Gasteiger partial charge in [-0.15, -0.1) is 0 Å². The Balaban J connectivity index is 2.52. The maximum atomic E-state index is 13.7. The van der Waals surface area contributed by atoms with E-state index >= 15 is 0 Å². The third kappa shape index (κ3) is 3.05. The van der Waals surface area contributed by atoms with Gasteiger partial charge < -0.3 is 5.32 Å². The van der Waals surface area contributed by atoms with Crippen LogP contribution in [0.2, 0.25) is 5.02 Å². The van der Waals surface area contributed by atoms with Gasteiger partial charge in [0, 0.05) is 4.47 Å². The molecule has 0 aliphatic heterocycles. The molecule has 1 nitrogen and oxygen atoms in total. The van der Waals surface area contributed by atoms with Crippen molar-refractivity contribution < 1.29 is 4.39 Å². The first-order valence-electron chi connectivity index (χ1n) is 6.33. The molecule has 0 aliphatic rings. The molecule has 0 bridgehead atoms. The molecule has 0 heterocycles. The average Bonchev–Trinajstić information content (AvgIpc) is 2.40. The molecule has 0 saturated heterocycles. The number of rotatable bonds is 3. The molecule has 1 atom stereocenters. The van der Waals surface area contributed by atoms with Crippen LogP contribution in [0, 0.1) is 19.7 Å². The molecule has 1 N–H and O–H groups in total. The first-order chi connectivity index (χ1) is 9.43. The lowest BCUT2D eigenvalue weighted by Gasteiger charge is -2.21. The Morgan fingerprint density at radius 3 is 2.45 bits per heavy atom. The summed E-state index contributed by atoms with van der Waals surface area (Å²) in [5, 5.41) is 3.39. The molecular formula is C16H16BrClFN. The van der Waals surface area contributed by atoms with Gasteiger partial charge >= 0.3 is 0 Å². The van der Waals surface area contributed by atoms with Crippen LogP contribution < -0.4 is 5.32 Å². The van der Waals surface area contributed by atoms with Crippen molar-refractivity contribution >= 4 is 27.5 Å². The Labute approximate surface area is 132 Å². The van der Waals surface area contributed by atoms with Gasteiger partial charge in [-0.1, -0.05) is 39.7 Å². The number of nitrogens with one attached hydrogen (secondary N) is 1. The topological polar surface area (TPSA) is 12.0 Å². The maximum absolute atomic E-state index is 13.7. The van der Waals surface area contributed by atoms with E-state index in [0.717, 1.165) is 26.7 Å². The fraction of sp³-hybridized carbons (Fsp3) is 0.250. The lowest BCUT2D eigenvalue weighted by Crippen LogP contribution is -2.19. The van der Waals surface area contributed by atoms with Crippen molar-refractivity contribution in [1.82, 2.24) is 5.32 Å². The predicted molar refractivity (Wildman–Crippen MR) is 85.9 cm³/mol. The molecule has 1 unspecified atom stereocenters. The summed E-state index contributed by atoms with van der Waals surface area (Å²) in [5.74, 6) is -0.393. The third-order valence-corrected chi connectivity index (χ3v) is 4.58. The summed E-state index contributed by atoms with van der Waals surface area (Å²) < 4.78 is 14.7. The number of hydrogen-bond acceptors (Lipinski definition) is 1. The molecule has 0 spiro atoms. The number of halogens is 3. The van der Waals surface area contributed by atoms with Gasteiger partial charge in [0.1, 0.15) is 5.82 Å². The van der Waals surface area contributed by atoms with Crippen LogP contribution in [-0.4, -0.2) is 7.05 Å². The molecule has 0 amide bonds. The van der Waals surface area contributed by atoms with Crippen LogP contribution >= 0.6 is 27.5 Å². The van der Waals surface area contributed by atoms with Crippen LogP contribution in [-0.2, 0) is 0 Å². The third-order valence-electron chi connectivity index (χ3n) is 3.42. The zero-order valence-corrected chi connectivity index (χ0v) is 13.9. The van der Waals surface area contributed by atoms with Crippen molar-refractivity contribution in [1.29, 1.82) is 0 Å². The van der Waals surface area contributed by atoms with Gasteiger partial charge in [-0.2, -0.15) is 0 Å².